The smallest absolute Gasteiger partial charge is 0.325 e. The summed E-state index contributed by atoms with van der Waals surface area (Å²) in [6.07, 6.45) is 3.72. The van der Waals surface area contributed by atoms with Crippen LogP contribution in [0.4, 0.5) is 22.1 Å². The van der Waals surface area contributed by atoms with Crippen LogP contribution in [0.5, 0.6) is 0 Å². The summed E-state index contributed by atoms with van der Waals surface area (Å²) in [7, 11) is 0. The molecule has 26 heavy (non-hydrogen) atoms. The highest BCUT2D eigenvalue weighted by molar-refractivity contribution is 6.00. The lowest BCUT2D eigenvalue weighted by molar-refractivity contribution is 0.122. The molecule has 0 unspecified atom stereocenters. The van der Waals surface area contributed by atoms with Gasteiger partial charge < -0.3 is 15.0 Å². The van der Waals surface area contributed by atoms with Crippen LogP contribution >= 0.6 is 0 Å². The summed E-state index contributed by atoms with van der Waals surface area (Å²) in [5.41, 5.74) is 1.69. The van der Waals surface area contributed by atoms with Gasteiger partial charge in [0.25, 0.3) is 0 Å². The number of urea groups is 1. The van der Waals surface area contributed by atoms with Crippen LogP contribution in [-0.4, -0.2) is 47.5 Å². The molecule has 2 aromatic rings. The normalized spacial score (nSPS) is 14.5. The number of anilines is 3. The van der Waals surface area contributed by atoms with E-state index in [2.05, 4.69) is 44.6 Å². The number of carbonyl (C=O) groups is 1. The molecule has 1 aliphatic rings. The van der Waals surface area contributed by atoms with Crippen molar-refractivity contribution in [3.63, 3.8) is 0 Å². The molecule has 1 fully saturated rings. The van der Waals surface area contributed by atoms with E-state index in [1.807, 2.05) is 12.1 Å². The number of aromatic amines is 1. The Labute approximate surface area is 153 Å². The van der Waals surface area contributed by atoms with E-state index in [9.17, 15) is 4.79 Å². The lowest BCUT2D eigenvalue weighted by atomic mass is 10.1. The first-order valence-electron chi connectivity index (χ1n) is 9.02. The first kappa shape index (κ1) is 18.2. The molecule has 2 aromatic heterocycles. The number of rotatable bonds is 6. The number of ether oxygens (including phenoxy) is 1. The molecular formula is C18H26N6O2. The topological polar surface area (TPSA) is 95.2 Å². The summed E-state index contributed by atoms with van der Waals surface area (Å²) in [6.45, 7) is 7.20. The van der Waals surface area contributed by atoms with Crippen molar-refractivity contribution in [3.05, 3.63) is 30.1 Å². The lowest BCUT2D eigenvalue weighted by Gasteiger charge is -2.29. The highest BCUT2D eigenvalue weighted by Gasteiger charge is 2.17. The van der Waals surface area contributed by atoms with Gasteiger partial charge in [0.15, 0.2) is 11.6 Å². The minimum absolute atomic E-state index is 0.339. The highest BCUT2D eigenvalue weighted by Crippen LogP contribution is 2.23. The maximum absolute atomic E-state index is 12.3. The molecule has 2 amide bonds. The fourth-order valence-corrected chi connectivity index (χ4v) is 2.79. The zero-order valence-corrected chi connectivity index (χ0v) is 15.3. The number of amides is 2. The largest absolute Gasteiger partial charge is 0.378 e. The van der Waals surface area contributed by atoms with Gasteiger partial charge in [-0.15, -0.1) is 0 Å². The van der Waals surface area contributed by atoms with Crippen molar-refractivity contribution < 1.29 is 9.53 Å². The van der Waals surface area contributed by atoms with E-state index in [4.69, 9.17) is 4.74 Å². The molecule has 3 heterocycles. The third-order valence-corrected chi connectivity index (χ3v) is 4.21. The van der Waals surface area contributed by atoms with Crippen LogP contribution < -0.4 is 15.5 Å². The van der Waals surface area contributed by atoms with Gasteiger partial charge in [-0.25, -0.2) is 9.78 Å². The predicted molar refractivity (Wildman–Crippen MR) is 102 cm³/mol. The number of aryl methyl sites for hydroxylation is 1. The molecule has 140 valence electrons. The molecule has 0 aliphatic carbocycles. The summed E-state index contributed by atoms with van der Waals surface area (Å²) in [5.74, 6) is 1.89. The molecule has 0 radical (unpaired) electrons. The highest BCUT2D eigenvalue weighted by atomic mass is 16.5. The number of hydrogen-bond acceptors (Lipinski definition) is 5. The Balaban J connectivity index is 1.60. The second-order valence-corrected chi connectivity index (χ2v) is 6.76. The Morgan fingerprint density at radius 3 is 2.92 bits per heavy atom. The van der Waals surface area contributed by atoms with E-state index in [1.54, 1.807) is 12.3 Å². The third-order valence-electron chi connectivity index (χ3n) is 4.21. The zero-order valence-electron chi connectivity index (χ0n) is 15.3. The van der Waals surface area contributed by atoms with Crippen LogP contribution in [0.25, 0.3) is 0 Å². The number of carbonyl (C=O) groups excluding carboxylic acids is 1. The Kier molecular flexibility index (Phi) is 6.06. The quantitative estimate of drug-likeness (QED) is 0.738. The summed E-state index contributed by atoms with van der Waals surface area (Å²) in [4.78, 5) is 18.9. The van der Waals surface area contributed by atoms with E-state index in [0.29, 0.717) is 30.6 Å². The molecule has 3 N–H and O–H groups in total. The number of hydrogen-bond donors (Lipinski definition) is 3. The number of nitrogens with zero attached hydrogens (tertiary/aromatic N) is 3. The van der Waals surface area contributed by atoms with Gasteiger partial charge in [0, 0.05) is 31.0 Å². The molecular weight excluding hydrogens is 332 g/mol. The Morgan fingerprint density at radius 2 is 2.15 bits per heavy atom. The number of nitrogens with one attached hydrogen (secondary N) is 3. The minimum Gasteiger partial charge on any atom is -0.378 e. The van der Waals surface area contributed by atoms with Crippen molar-refractivity contribution in [2.45, 2.75) is 26.7 Å². The number of H-pyrrole nitrogens is 1. The molecule has 0 spiro atoms. The van der Waals surface area contributed by atoms with Gasteiger partial charge in [-0.1, -0.05) is 13.8 Å². The van der Waals surface area contributed by atoms with E-state index in [1.165, 1.54) is 0 Å². The summed E-state index contributed by atoms with van der Waals surface area (Å²) in [5, 5.41) is 12.7. The van der Waals surface area contributed by atoms with Gasteiger partial charge in [-0.3, -0.25) is 10.4 Å². The van der Waals surface area contributed by atoms with Crippen LogP contribution in [0.3, 0.4) is 0 Å². The molecule has 3 rings (SSSR count). The predicted octanol–water partition coefficient (Wildman–Crippen LogP) is 2.87. The fourth-order valence-electron chi connectivity index (χ4n) is 2.79. The molecule has 0 bridgehead atoms. The third kappa shape index (κ3) is 4.95. The van der Waals surface area contributed by atoms with Crippen LogP contribution in [0.15, 0.2) is 24.4 Å². The second kappa shape index (κ2) is 8.66. The number of pyridine rings is 1. The van der Waals surface area contributed by atoms with Crippen molar-refractivity contribution in [1.82, 2.24) is 15.2 Å². The Morgan fingerprint density at radius 1 is 1.35 bits per heavy atom. The summed E-state index contributed by atoms with van der Waals surface area (Å²) < 4.78 is 5.38. The standard InChI is InChI=1S/C18H26N6O2/c1-13(2)5-6-14-12-16(23-22-14)21-18(25)20-15-4-3-7-19-17(15)24-8-10-26-11-9-24/h3-4,7,12-13H,5-6,8-11H2,1-2H3,(H3,20,21,22,23,25). The summed E-state index contributed by atoms with van der Waals surface area (Å²) >= 11 is 0. The van der Waals surface area contributed by atoms with Crippen LogP contribution in [0.1, 0.15) is 26.0 Å². The lowest BCUT2D eigenvalue weighted by Crippen LogP contribution is -2.37. The maximum atomic E-state index is 12.3. The van der Waals surface area contributed by atoms with Crippen molar-refractivity contribution in [2.24, 2.45) is 5.92 Å². The van der Waals surface area contributed by atoms with E-state index >= 15 is 0 Å². The van der Waals surface area contributed by atoms with Crippen molar-refractivity contribution >= 4 is 23.4 Å². The Hall–Kier alpha value is -2.61. The summed E-state index contributed by atoms with van der Waals surface area (Å²) in [6, 6.07) is 5.18. The Bertz CT molecular complexity index is 724. The van der Waals surface area contributed by atoms with Crippen LogP contribution in [0.2, 0.25) is 0 Å². The van der Waals surface area contributed by atoms with Crippen LogP contribution in [-0.2, 0) is 11.2 Å². The molecule has 0 saturated carbocycles. The average Bonchev–Trinajstić information content (AvgIpc) is 3.08. The first-order chi connectivity index (χ1) is 12.6. The van der Waals surface area contributed by atoms with Crippen molar-refractivity contribution in [1.29, 1.82) is 0 Å². The van der Waals surface area contributed by atoms with Crippen molar-refractivity contribution in [2.75, 3.05) is 41.8 Å². The first-order valence-corrected chi connectivity index (χ1v) is 9.02. The number of morpholine rings is 1. The van der Waals surface area contributed by atoms with Gasteiger partial charge in [0.05, 0.1) is 18.9 Å². The molecule has 8 heteroatoms. The second-order valence-electron chi connectivity index (χ2n) is 6.76. The molecule has 1 aliphatic heterocycles. The monoisotopic (exact) mass is 358 g/mol. The van der Waals surface area contributed by atoms with E-state index in [-0.39, 0.29) is 6.03 Å². The van der Waals surface area contributed by atoms with Gasteiger partial charge in [-0.2, -0.15) is 5.10 Å². The van der Waals surface area contributed by atoms with Gasteiger partial charge in [0.2, 0.25) is 0 Å². The SMILES string of the molecule is CC(C)CCc1cc(NC(=O)Nc2cccnc2N2CCOCC2)n[nH]1. The number of aromatic nitrogens is 3. The molecule has 0 atom stereocenters. The van der Waals surface area contributed by atoms with Crippen molar-refractivity contribution in [3.8, 4) is 0 Å². The maximum Gasteiger partial charge on any atom is 0.325 e. The van der Waals surface area contributed by atoms with Crippen LogP contribution in [0, 0.1) is 5.92 Å². The van der Waals surface area contributed by atoms with E-state index in [0.717, 1.165) is 37.4 Å². The van der Waals surface area contributed by atoms with Gasteiger partial charge in [0.1, 0.15) is 0 Å². The van der Waals surface area contributed by atoms with Gasteiger partial charge >= 0.3 is 6.03 Å². The zero-order chi connectivity index (χ0) is 18.4. The molecule has 1 saturated heterocycles. The molecule has 0 aromatic carbocycles. The van der Waals surface area contributed by atoms with E-state index < -0.39 is 0 Å². The molecule has 8 nitrogen and oxygen atoms in total. The van der Waals surface area contributed by atoms with Gasteiger partial charge in [-0.05, 0) is 30.9 Å². The average molecular weight is 358 g/mol. The fraction of sp³-hybridized carbons (Fsp3) is 0.500. The minimum atomic E-state index is -0.339.